The quantitative estimate of drug-likeness (QED) is 0.337. The van der Waals surface area contributed by atoms with Crippen LogP contribution in [-0.2, 0) is 17.9 Å². The Hall–Kier alpha value is -1.54. The first-order valence-electron chi connectivity index (χ1n) is 9.77. The normalized spacial score (nSPS) is 10.8. The second-order valence-corrected chi connectivity index (χ2v) is 8.38. The minimum atomic E-state index is -0.0215. The fraction of sp³-hybridized carbons (Fsp3) is 0.550. The number of hydrogen-bond donors (Lipinski definition) is 1. The van der Waals surface area contributed by atoms with Crippen LogP contribution in [0.5, 0.6) is 5.75 Å². The summed E-state index contributed by atoms with van der Waals surface area (Å²) >= 11 is 4.84. The standard InChI is InChI=1S/C20H29BrN4O2S/c1-3-4-5-6-7-8-13-25-18(14-27-17-11-9-16(21)10-12-17)23-24-20(25)28-15-19(26)22-2/h9-12H,3-8,13-15H2,1-2H3,(H,22,26). The Morgan fingerprint density at radius 2 is 1.86 bits per heavy atom. The number of amides is 1. The molecule has 0 aliphatic rings. The lowest BCUT2D eigenvalue weighted by molar-refractivity contribution is -0.118. The molecule has 0 bridgehead atoms. The van der Waals surface area contributed by atoms with Crippen LogP contribution in [0.15, 0.2) is 33.9 Å². The van der Waals surface area contributed by atoms with Gasteiger partial charge in [0.15, 0.2) is 11.0 Å². The number of nitrogens with one attached hydrogen (secondary N) is 1. The summed E-state index contributed by atoms with van der Waals surface area (Å²) < 4.78 is 8.98. The van der Waals surface area contributed by atoms with E-state index in [2.05, 4.69) is 42.9 Å². The number of aromatic nitrogens is 3. The first kappa shape index (κ1) is 22.7. The van der Waals surface area contributed by atoms with Crippen molar-refractivity contribution in [2.24, 2.45) is 0 Å². The first-order chi connectivity index (χ1) is 13.6. The molecule has 0 atom stereocenters. The SMILES string of the molecule is CCCCCCCCn1c(COc2ccc(Br)cc2)nnc1SCC(=O)NC. The molecule has 2 aromatic rings. The van der Waals surface area contributed by atoms with Gasteiger partial charge in [-0.25, -0.2) is 0 Å². The molecule has 0 aliphatic heterocycles. The highest BCUT2D eigenvalue weighted by Gasteiger charge is 2.14. The first-order valence-corrected chi connectivity index (χ1v) is 11.6. The van der Waals surface area contributed by atoms with E-state index < -0.39 is 0 Å². The van der Waals surface area contributed by atoms with Crippen LogP contribution in [0.1, 0.15) is 51.3 Å². The molecule has 0 radical (unpaired) electrons. The fourth-order valence-electron chi connectivity index (χ4n) is 2.69. The molecular formula is C20H29BrN4O2S. The molecule has 1 aromatic heterocycles. The van der Waals surface area contributed by atoms with Crippen molar-refractivity contribution in [1.29, 1.82) is 0 Å². The molecule has 0 spiro atoms. The average Bonchev–Trinajstić information content (AvgIpc) is 3.10. The number of unbranched alkanes of at least 4 members (excludes halogenated alkanes) is 5. The molecule has 0 fully saturated rings. The number of nitrogens with zero attached hydrogens (tertiary/aromatic N) is 3. The Bertz CT molecular complexity index is 721. The predicted molar refractivity (Wildman–Crippen MR) is 117 cm³/mol. The van der Waals surface area contributed by atoms with E-state index in [4.69, 9.17) is 4.74 Å². The van der Waals surface area contributed by atoms with Crippen molar-refractivity contribution >= 4 is 33.6 Å². The van der Waals surface area contributed by atoms with Gasteiger partial charge in [-0.05, 0) is 30.7 Å². The van der Waals surface area contributed by atoms with Crippen molar-refractivity contribution in [3.8, 4) is 5.75 Å². The second kappa shape index (κ2) is 12.8. The third-order valence-electron chi connectivity index (χ3n) is 4.32. The molecule has 2 rings (SSSR count). The van der Waals surface area contributed by atoms with E-state index in [1.807, 2.05) is 24.3 Å². The van der Waals surface area contributed by atoms with E-state index in [1.54, 1.807) is 7.05 Å². The zero-order chi connectivity index (χ0) is 20.2. The summed E-state index contributed by atoms with van der Waals surface area (Å²) in [5, 5.41) is 12.0. The highest BCUT2D eigenvalue weighted by molar-refractivity contribution is 9.10. The number of ether oxygens (including phenoxy) is 1. The topological polar surface area (TPSA) is 69.0 Å². The lowest BCUT2D eigenvalue weighted by Gasteiger charge is -2.11. The summed E-state index contributed by atoms with van der Waals surface area (Å²) in [4.78, 5) is 11.6. The van der Waals surface area contributed by atoms with Gasteiger partial charge in [0, 0.05) is 18.1 Å². The maximum Gasteiger partial charge on any atom is 0.230 e. The molecule has 8 heteroatoms. The number of benzene rings is 1. The van der Waals surface area contributed by atoms with Gasteiger partial charge in [-0.2, -0.15) is 0 Å². The van der Waals surface area contributed by atoms with Crippen molar-refractivity contribution in [2.45, 2.75) is 63.8 Å². The molecule has 0 aliphatic carbocycles. The lowest BCUT2D eigenvalue weighted by atomic mass is 10.1. The van der Waals surface area contributed by atoms with Crippen LogP contribution in [0, 0.1) is 0 Å². The Morgan fingerprint density at radius 3 is 2.57 bits per heavy atom. The molecule has 0 unspecified atom stereocenters. The molecular weight excluding hydrogens is 440 g/mol. The summed E-state index contributed by atoms with van der Waals surface area (Å²) in [6.45, 7) is 3.42. The highest BCUT2D eigenvalue weighted by atomic mass is 79.9. The average molecular weight is 469 g/mol. The molecule has 1 amide bonds. The van der Waals surface area contributed by atoms with Crippen LogP contribution in [0.3, 0.4) is 0 Å². The van der Waals surface area contributed by atoms with Gasteiger partial charge in [-0.3, -0.25) is 4.79 Å². The Kier molecular flexibility index (Phi) is 10.4. The zero-order valence-corrected chi connectivity index (χ0v) is 19.0. The fourth-order valence-corrected chi connectivity index (χ4v) is 3.81. The van der Waals surface area contributed by atoms with Gasteiger partial charge in [-0.1, -0.05) is 66.7 Å². The summed E-state index contributed by atoms with van der Waals surface area (Å²) in [7, 11) is 1.64. The van der Waals surface area contributed by atoms with E-state index >= 15 is 0 Å². The number of carbonyl (C=O) groups excluding carboxylic acids is 1. The second-order valence-electron chi connectivity index (χ2n) is 6.52. The van der Waals surface area contributed by atoms with Crippen LogP contribution in [-0.4, -0.2) is 33.5 Å². The van der Waals surface area contributed by atoms with Crippen molar-refractivity contribution in [1.82, 2.24) is 20.1 Å². The minimum absolute atomic E-state index is 0.0215. The van der Waals surface area contributed by atoms with Crippen molar-refractivity contribution in [3.05, 3.63) is 34.6 Å². The van der Waals surface area contributed by atoms with E-state index in [1.165, 1.54) is 43.9 Å². The molecule has 28 heavy (non-hydrogen) atoms. The van der Waals surface area contributed by atoms with E-state index in [-0.39, 0.29) is 5.91 Å². The number of rotatable bonds is 13. The summed E-state index contributed by atoms with van der Waals surface area (Å²) in [6.07, 6.45) is 7.35. The van der Waals surface area contributed by atoms with Crippen LogP contribution >= 0.6 is 27.7 Å². The van der Waals surface area contributed by atoms with Crippen molar-refractivity contribution in [3.63, 3.8) is 0 Å². The van der Waals surface area contributed by atoms with Gasteiger partial charge in [0.1, 0.15) is 12.4 Å². The van der Waals surface area contributed by atoms with Gasteiger partial charge >= 0.3 is 0 Å². The van der Waals surface area contributed by atoms with Gasteiger partial charge in [0.2, 0.25) is 5.91 Å². The number of carbonyl (C=O) groups is 1. The Labute approximate surface area is 180 Å². The van der Waals surface area contributed by atoms with E-state index in [0.717, 1.165) is 34.2 Å². The number of thioether (sulfide) groups is 1. The van der Waals surface area contributed by atoms with E-state index in [9.17, 15) is 4.79 Å². The molecule has 1 heterocycles. The predicted octanol–water partition coefficient (Wildman–Crippen LogP) is 4.82. The van der Waals surface area contributed by atoms with Gasteiger partial charge in [0.25, 0.3) is 0 Å². The van der Waals surface area contributed by atoms with Crippen LogP contribution < -0.4 is 10.1 Å². The molecule has 1 aromatic carbocycles. The van der Waals surface area contributed by atoms with Gasteiger partial charge in [-0.15, -0.1) is 10.2 Å². The molecule has 6 nitrogen and oxygen atoms in total. The third-order valence-corrected chi connectivity index (χ3v) is 5.82. The van der Waals surface area contributed by atoms with Crippen LogP contribution in [0.4, 0.5) is 0 Å². The minimum Gasteiger partial charge on any atom is -0.486 e. The highest BCUT2D eigenvalue weighted by Crippen LogP contribution is 2.21. The maximum atomic E-state index is 11.6. The van der Waals surface area contributed by atoms with Gasteiger partial charge in [0.05, 0.1) is 5.75 Å². The third kappa shape index (κ3) is 7.83. The monoisotopic (exact) mass is 468 g/mol. The molecule has 154 valence electrons. The zero-order valence-electron chi connectivity index (χ0n) is 16.6. The Balaban J connectivity index is 1.97. The van der Waals surface area contributed by atoms with Crippen molar-refractivity contribution < 1.29 is 9.53 Å². The van der Waals surface area contributed by atoms with Crippen LogP contribution in [0.25, 0.3) is 0 Å². The summed E-state index contributed by atoms with van der Waals surface area (Å²) in [5.41, 5.74) is 0. The van der Waals surface area contributed by atoms with E-state index in [0.29, 0.717) is 12.4 Å². The van der Waals surface area contributed by atoms with Crippen LogP contribution in [0.2, 0.25) is 0 Å². The number of hydrogen-bond acceptors (Lipinski definition) is 5. The maximum absolute atomic E-state index is 11.6. The Morgan fingerprint density at radius 1 is 1.14 bits per heavy atom. The lowest BCUT2D eigenvalue weighted by Crippen LogP contribution is -2.20. The summed E-state index contributed by atoms with van der Waals surface area (Å²) in [5.74, 6) is 1.89. The molecule has 0 saturated heterocycles. The molecule has 0 saturated carbocycles. The largest absolute Gasteiger partial charge is 0.486 e. The smallest absolute Gasteiger partial charge is 0.230 e. The number of halogens is 1. The molecule has 1 N–H and O–H groups in total. The summed E-state index contributed by atoms with van der Waals surface area (Å²) in [6, 6.07) is 7.72. The van der Waals surface area contributed by atoms with Crippen molar-refractivity contribution in [2.75, 3.05) is 12.8 Å². The van der Waals surface area contributed by atoms with Gasteiger partial charge < -0.3 is 14.6 Å².